The maximum atomic E-state index is 13.2. The topological polar surface area (TPSA) is 101 Å². The summed E-state index contributed by atoms with van der Waals surface area (Å²) in [5, 5.41) is 3.25. The van der Waals surface area contributed by atoms with Crippen LogP contribution in [0.15, 0.2) is 42.6 Å². The van der Waals surface area contributed by atoms with E-state index in [0.717, 1.165) is 10.4 Å². The number of pyridine rings is 1. The normalized spacial score (nSPS) is 14.3. The molecular formula is C25H25FN4O4S. The number of nitrogens with one attached hydrogen (secondary N) is 1. The van der Waals surface area contributed by atoms with E-state index in [1.165, 1.54) is 28.4 Å². The molecule has 3 heterocycles. The number of halogens is 1. The van der Waals surface area contributed by atoms with Gasteiger partial charge in [0, 0.05) is 42.5 Å². The molecule has 2 aromatic heterocycles. The first-order valence-electron chi connectivity index (χ1n) is 11.2. The van der Waals surface area contributed by atoms with Crippen LogP contribution >= 0.6 is 11.3 Å². The zero-order chi connectivity index (χ0) is 24.9. The van der Waals surface area contributed by atoms with Crippen LogP contribution in [0.2, 0.25) is 0 Å². The minimum Gasteiger partial charge on any atom is -0.490 e. The van der Waals surface area contributed by atoms with Crippen LogP contribution < -0.4 is 10.1 Å². The average Bonchev–Trinajstić information content (AvgIpc) is 3.34. The molecule has 0 bridgehead atoms. The molecule has 3 aromatic rings. The van der Waals surface area contributed by atoms with Crippen LogP contribution in [0.1, 0.15) is 41.6 Å². The van der Waals surface area contributed by atoms with E-state index in [2.05, 4.69) is 15.3 Å². The largest absolute Gasteiger partial charge is 0.490 e. The first-order chi connectivity index (χ1) is 16.7. The fourth-order valence-electron chi connectivity index (χ4n) is 3.79. The van der Waals surface area contributed by atoms with E-state index in [0.29, 0.717) is 28.7 Å². The molecule has 1 fully saturated rings. The van der Waals surface area contributed by atoms with Crippen molar-refractivity contribution in [1.82, 2.24) is 14.9 Å². The second-order valence-electron chi connectivity index (χ2n) is 8.42. The first-order valence-corrected chi connectivity index (χ1v) is 12.0. The van der Waals surface area contributed by atoms with Crippen molar-refractivity contribution >= 4 is 34.2 Å². The van der Waals surface area contributed by atoms with Gasteiger partial charge in [-0.3, -0.25) is 24.3 Å². The number of hydrogen-bond acceptors (Lipinski definition) is 7. The minimum atomic E-state index is -0.303. The third-order valence-electron chi connectivity index (χ3n) is 5.36. The van der Waals surface area contributed by atoms with Gasteiger partial charge in [0.2, 0.25) is 17.7 Å². The third kappa shape index (κ3) is 6.69. The lowest BCUT2D eigenvalue weighted by molar-refractivity contribution is -0.139. The van der Waals surface area contributed by atoms with Gasteiger partial charge in [-0.1, -0.05) is 12.1 Å². The molecule has 35 heavy (non-hydrogen) atoms. The second-order valence-corrected chi connectivity index (χ2v) is 9.65. The van der Waals surface area contributed by atoms with Crippen molar-refractivity contribution < 1.29 is 23.5 Å². The van der Waals surface area contributed by atoms with E-state index in [-0.39, 0.29) is 55.4 Å². The highest BCUT2D eigenvalue weighted by Crippen LogP contribution is 2.22. The Kier molecular flexibility index (Phi) is 7.50. The number of carbonyl (C=O) groups excluding carboxylic acids is 3. The van der Waals surface area contributed by atoms with Crippen LogP contribution in [-0.4, -0.2) is 38.7 Å². The Balaban J connectivity index is 1.51. The number of aromatic nitrogens is 2. The molecule has 0 aliphatic carbocycles. The molecule has 8 nitrogen and oxygen atoms in total. The molecule has 0 radical (unpaired) electrons. The van der Waals surface area contributed by atoms with Crippen molar-refractivity contribution in [2.45, 2.75) is 52.2 Å². The molecule has 10 heteroatoms. The summed E-state index contributed by atoms with van der Waals surface area (Å²) in [6, 6.07) is 9.55. The van der Waals surface area contributed by atoms with Crippen LogP contribution in [0, 0.1) is 12.7 Å². The molecular weight excluding hydrogens is 471 g/mol. The van der Waals surface area contributed by atoms with Gasteiger partial charge in [-0.25, -0.2) is 9.37 Å². The Hall–Kier alpha value is -3.66. The highest BCUT2D eigenvalue weighted by molar-refractivity contribution is 7.15. The van der Waals surface area contributed by atoms with E-state index in [1.807, 2.05) is 13.8 Å². The molecule has 3 amide bonds. The summed E-state index contributed by atoms with van der Waals surface area (Å²) < 4.78 is 19.3. The number of rotatable bonds is 9. The maximum Gasteiger partial charge on any atom is 0.232 e. The lowest BCUT2D eigenvalue weighted by atomic mass is 10.1. The number of hydrogen-bond donors (Lipinski definition) is 1. The number of carbonyl (C=O) groups is 3. The van der Waals surface area contributed by atoms with Gasteiger partial charge < -0.3 is 10.1 Å². The maximum absolute atomic E-state index is 13.2. The summed E-state index contributed by atoms with van der Waals surface area (Å²) in [4.78, 5) is 47.6. The molecule has 1 atom stereocenters. The smallest absolute Gasteiger partial charge is 0.232 e. The molecule has 1 aliphatic heterocycles. The molecule has 1 aromatic carbocycles. The number of ether oxygens (including phenoxy) is 1. The van der Waals surface area contributed by atoms with Gasteiger partial charge in [0.25, 0.3) is 0 Å². The fourth-order valence-corrected chi connectivity index (χ4v) is 4.47. The summed E-state index contributed by atoms with van der Waals surface area (Å²) in [5.74, 6) is -0.611. The number of likely N-dealkylation sites (tertiary alicyclic amines) is 1. The van der Waals surface area contributed by atoms with E-state index >= 15 is 0 Å². The number of aryl methyl sites for hydroxylation is 1. The number of nitrogens with zero attached hydrogens (tertiary/aromatic N) is 3. The fraction of sp³-hybridized carbons (Fsp3) is 0.320. The number of thiazole rings is 1. The molecule has 1 saturated heterocycles. The van der Waals surface area contributed by atoms with Gasteiger partial charge in [-0.15, -0.1) is 11.3 Å². The van der Waals surface area contributed by atoms with Gasteiger partial charge in [0.05, 0.1) is 30.5 Å². The van der Waals surface area contributed by atoms with Gasteiger partial charge in [-0.05, 0) is 31.5 Å². The van der Waals surface area contributed by atoms with Gasteiger partial charge in [-0.2, -0.15) is 0 Å². The molecule has 182 valence electrons. The number of amides is 3. The summed E-state index contributed by atoms with van der Waals surface area (Å²) in [6.07, 6.45) is 2.30. The van der Waals surface area contributed by atoms with Crippen LogP contribution in [-0.2, 0) is 33.8 Å². The zero-order valence-electron chi connectivity index (χ0n) is 19.4. The standard InChI is InChI=1S/C25H25FN4O4S/c1-15(9-17-3-5-18(26)6-4-17)34-21-10-19(12-22(31)29-25-27-13-16(2)35-25)28-20(11-21)14-30-23(32)7-8-24(30)33/h3-6,10-11,13,15H,7-9,12,14H2,1-2H3,(H,27,29,31)/t15-/m0/s1. The molecule has 0 saturated carbocycles. The van der Waals surface area contributed by atoms with Crippen molar-refractivity contribution in [3.8, 4) is 5.75 Å². The minimum absolute atomic E-state index is 0.0154. The predicted molar refractivity (Wildman–Crippen MR) is 128 cm³/mol. The molecule has 0 unspecified atom stereocenters. The Morgan fingerprint density at radius 1 is 1.17 bits per heavy atom. The first kappa shape index (κ1) is 24.5. The second kappa shape index (κ2) is 10.7. The molecule has 0 spiro atoms. The van der Waals surface area contributed by atoms with Crippen molar-refractivity contribution in [3.05, 3.63) is 70.2 Å². The lowest BCUT2D eigenvalue weighted by Gasteiger charge is -2.18. The zero-order valence-corrected chi connectivity index (χ0v) is 20.2. The van der Waals surface area contributed by atoms with Crippen molar-refractivity contribution in [2.24, 2.45) is 0 Å². The summed E-state index contributed by atoms with van der Waals surface area (Å²) in [5.41, 5.74) is 1.81. The lowest BCUT2D eigenvalue weighted by Crippen LogP contribution is -2.29. The van der Waals surface area contributed by atoms with E-state index < -0.39 is 0 Å². The van der Waals surface area contributed by atoms with Crippen LogP contribution in [0.4, 0.5) is 9.52 Å². The van der Waals surface area contributed by atoms with E-state index in [1.54, 1.807) is 30.5 Å². The quantitative estimate of drug-likeness (QED) is 0.452. The van der Waals surface area contributed by atoms with Crippen LogP contribution in [0.25, 0.3) is 0 Å². The van der Waals surface area contributed by atoms with Crippen molar-refractivity contribution in [1.29, 1.82) is 0 Å². The summed E-state index contributed by atoms with van der Waals surface area (Å²) in [7, 11) is 0. The number of imide groups is 1. The van der Waals surface area contributed by atoms with E-state index in [4.69, 9.17) is 4.74 Å². The monoisotopic (exact) mass is 496 g/mol. The highest BCUT2D eigenvalue weighted by atomic mass is 32.1. The van der Waals surface area contributed by atoms with Crippen LogP contribution in [0.5, 0.6) is 5.75 Å². The highest BCUT2D eigenvalue weighted by Gasteiger charge is 2.29. The summed E-state index contributed by atoms with van der Waals surface area (Å²) >= 11 is 1.37. The number of benzene rings is 1. The number of anilines is 1. The van der Waals surface area contributed by atoms with E-state index in [9.17, 15) is 18.8 Å². The van der Waals surface area contributed by atoms with Gasteiger partial charge in [0.15, 0.2) is 5.13 Å². The molecule has 1 aliphatic rings. The Morgan fingerprint density at radius 3 is 2.51 bits per heavy atom. The average molecular weight is 497 g/mol. The predicted octanol–water partition coefficient (Wildman–Crippen LogP) is 3.83. The Bertz CT molecular complexity index is 1230. The third-order valence-corrected chi connectivity index (χ3v) is 6.19. The van der Waals surface area contributed by atoms with Crippen molar-refractivity contribution in [2.75, 3.05) is 5.32 Å². The Morgan fingerprint density at radius 2 is 1.86 bits per heavy atom. The SMILES string of the molecule is Cc1cnc(NC(=O)Cc2cc(O[C@@H](C)Cc3ccc(F)cc3)cc(CN3C(=O)CCC3=O)n2)s1. The van der Waals surface area contributed by atoms with Crippen LogP contribution in [0.3, 0.4) is 0 Å². The van der Waals surface area contributed by atoms with Crippen molar-refractivity contribution in [3.63, 3.8) is 0 Å². The molecule has 1 N–H and O–H groups in total. The van der Waals surface area contributed by atoms with Gasteiger partial charge in [0.1, 0.15) is 11.6 Å². The molecule has 4 rings (SSSR count). The summed E-state index contributed by atoms with van der Waals surface area (Å²) in [6.45, 7) is 3.80. The van der Waals surface area contributed by atoms with Gasteiger partial charge >= 0.3 is 0 Å². The Labute approximate surface area is 206 Å².